The SMILES string of the molecule is Cc1ccc(C(C)(O)CNC(=O)NCCOc2ccccc2)o1. The Labute approximate surface area is 135 Å². The normalized spacial score (nSPS) is 13.2. The first-order chi connectivity index (χ1) is 11.0. The molecule has 0 aliphatic heterocycles. The van der Waals surface area contributed by atoms with Gasteiger partial charge in [-0.15, -0.1) is 0 Å². The number of ether oxygens (including phenoxy) is 1. The summed E-state index contributed by atoms with van der Waals surface area (Å²) in [4.78, 5) is 11.7. The van der Waals surface area contributed by atoms with E-state index in [1.165, 1.54) is 0 Å². The number of carbonyl (C=O) groups excluding carboxylic acids is 1. The van der Waals surface area contributed by atoms with Gasteiger partial charge in [0, 0.05) is 0 Å². The van der Waals surface area contributed by atoms with Crippen molar-refractivity contribution in [3.63, 3.8) is 0 Å². The van der Waals surface area contributed by atoms with Crippen LogP contribution in [-0.4, -0.2) is 30.8 Å². The molecule has 2 rings (SSSR count). The molecule has 3 N–H and O–H groups in total. The Morgan fingerprint density at radius 3 is 2.61 bits per heavy atom. The maximum absolute atomic E-state index is 11.7. The van der Waals surface area contributed by atoms with E-state index in [0.717, 1.165) is 5.75 Å². The second-order valence-electron chi connectivity index (χ2n) is 5.46. The van der Waals surface area contributed by atoms with Crippen molar-refractivity contribution >= 4 is 6.03 Å². The molecule has 6 nitrogen and oxygen atoms in total. The highest BCUT2D eigenvalue weighted by molar-refractivity contribution is 5.73. The molecule has 1 aromatic carbocycles. The first kappa shape index (κ1) is 16.9. The number of carbonyl (C=O) groups is 1. The van der Waals surface area contributed by atoms with E-state index in [2.05, 4.69) is 10.6 Å². The van der Waals surface area contributed by atoms with Crippen LogP contribution in [0.4, 0.5) is 4.79 Å². The van der Waals surface area contributed by atoms with Gasteiger partial charge in [0.15, 0.2) is 0 Å². The molecule has 1 aromatic heterocycles. The topological polar surface area (TPSA) is 83.7 Å². The summed E-state index contributed by atoms with van der Waals surface area (Å²) in [5, 5.41) is 15.6. The predicted molar refractivity (Wildman–Crippen MR) is 86.4 cm³/mol. The maximum Gasteiger partial charge on any atom is 0.315 e. The lowest BCUT2D eigenvalue weighted by Gasteiger charge is -2.21. The molecule has 124 valence electrons. The first-order valence-electron chi connectivity index (χ1n) is 7.46. The van der Waals surface area contributed by atoms with Gasteiger partial charge in [0.1, 0.15) is 29.5 Å². The molecule has 1 atom stereocenters. The number of nitrogens with one attached hydrogen (secondary N) is 2. The van der Waals surface area contributed by atoms with Crippen LogP contribution < -0.4 is 15.4 Å². The third kappa shape index (κ3) is 5.34. The third-order valence-corrected chi connectivity index (χ3v) is 3.26. The molecule has 0 aliphatic carbocycles. The summed E-state index contributed by atoms with van der Waals surface area (Å²) < 4.78 is 10.9. The molecule has 2 aromatic rings. The Hall–Kier alpha value is -2.47. The van der Waals surface area contributed by atoms with E-state index in [1.54, 1.807) is 26.0 Å². The first-order valence-corrected chi connectivity index (χ1v) is 7.46. The monoisotopic (exact) mass is 318 g/mol. The molecule has 6 heteroatoms. The van der Waals surface area contributed by atoms with Crippen molar-refractivity contribution in [2.45, 2.75) is 19.4 Å². The van der Waals surface area contributed by atoms with E-state index in [4.69, 9.17) is 9.15 Å². The highest BCUT2D eigenvalue weighted by atomic mass is 16.5. The van der Waals surface area contributed by atoms with Crippen LogP contribution in [0.2, 0.25) is 0 Å². The van der Waals surface area contributed by atoms with E-state index in [1.807, 2.05) is 30.3 Å². The molecule has 0 fully saturated rings. The van der Waals surface area contributed by atoms with Crippen molar-refractivity contribution < 1.29 is 19.1 Å². The van der Waals surface area contributed by atoms with E-state index >= 15 is 0 Å². The van der Waals surface area contributed by atoms with E-state index in [0.29, 0.717) is 24.7 Å². The summed E-state index contributed by atoms with van der Waals surface area (Å²) in [5.74, 6) is 1.89. The molecule has 0 saturated carbocycles. The molecule has 23 heavy (non-hydrogen) atoms. The van der Waals surface area contributed by atoms with Gasteiger partial charge in [0.25, 0.3) is 0 Å². The van der Waals surface area contributed by atoms with Crippen LogP contribution in [-0.2, 0) is 5.60 Å². The molecule has 2 amide bonds. The summed E-state index contributed by atoms with van der Waals surface area (Å²) in [6.45, 7) is 4.16. The van der Waals surface area contributed by atoms with Gasteiger partial charge >= 0.3 is 6.03 Å². The van der Waals surface area contributed by atoms with E-state index < -0.39 is 5.60 Å². The molecule has 0 spiro atoms. The average molecular weight is 318 g/mol. The highest BCUT2D eigenvalue weighted by Crippen LogP contribution is 2.21. The maximum atomic E-state index is 11.7. The number of benzene rings is 1. The molecular formula is C17H22N2O4. The number of amides is 2. The summed E-state index contributed by atoms with van der Waals surface area (Å²) in [6, 6.07) is 12.5. The van der Waals surface area contributed by atoms with Crippen LogP contribution in [0.25, 0.3) is 0 Å². The molecular weight excluding hydrogens is 296 g/mol. The average Bonchev–Trinajstić information content (AvgIpc) is 2.98. The minimum Gasteiger partial charge on any atom is -0.492 e. The van der Waals surface area contributed by atoms with Crippen molar-refractivity contribution in [2.24, 2.45) is 0 Å². The largest absolute Gasteiger partial charge is 0.492 e. The number of para-hydroxylation sites is 1. The van der Waals surface area contributed by atoms with Gasteiger partial charge in [-0.05, 0) is 38.1 Å². The van der Waals surface area contributed by atoms with Crippen LogP contribution in [0, 0.1) is 6.92 Å². The molecule has 0 aliphatic rings. The summed E-state index contributed by atoms with van der Waals surface area (Å²) in [5.41, 5.74) is -1.26. The molecule has 0 radical (unpaired) electrons. The molecule has 0 bridgehead atoms. The van der Waals surface area contributed by atoms with Gasteiger partial charge in [-0.2, -0.15) is 0 Å². The van der Waals surface area contributed by atoms with Crippen molar-refractivity contribution in [2.75, 3.05) is 19.7 Å². The number of aryl methyl sites for hydroxylation is 1. The number of aliphatic hydroxyl groups is 1. The number of urea groups is 1. The summed E-state index contributed by atoms with van der Waals surface area (Å²) in [6.07, 6.45) is 0. The predicted octanol–water partition coefficient (Wildman–Crippen LogP) is 2.17. The van der Waals surface area contributed by atoms with Crippen molar-refractivity contribution in [1.82, 2.24) is 10.6 Å². The fraction of sp³-hybridized carbons (Fsp3) is 0.353. The minimum absolute atomic E-state index is 0.0470. The van der Waals surface area contributed by atoms with Gasteiger partial charge in [0.2, 0.25) is 0 Å². The zero-order valence-electron chi connectivity index (χ0n) is 13.3. The van der Waals surface area contributed by atoms with E-state index in [9.17, 15) is 9.90 Å². The molecule has 1 heterocycles. The van der Waals surface area contributed by atoms with Crippen molar-refractivity contribution in [3.05, 3.63) is 54.0 Å². The fourth-order valence-corrected chi connectivity index (χ4v) is 1.98. The van der Waals surface area contributed by atoms with Crippen LogP contribution in [0.15, 0.2) is 46.9 Å². The van der Waals surface area contributed by atoms with Crippen LogP contribution in [0.5, 0.6) is 5.75 Å². The minimum atomic E-state index is -1.26. The quantitative estimate of drug-likeness (QED) is 0.683. The second-order valence-corrected chi connectivity index (χ2v) is 5.46. The Morgan fingerprint density at radius 1 is 1.22 bits per heavy atom. The lowest BCUT2D eigenvalue weighted by Crippen LogP contribution is -2.44. The lowest BCUT2D eigenvalue weighted by molar-refractivity contribution is 0.0359. The number of rotatable bonds is 7. The molecule has 0 saturated heterocycles. The Bertz CT molecular complexity index is 623. The van der Waals surface area contributed by atoms with Gasteiger partial charge in [0.05, 0.1) is 13.1 Å². The Balaban J connectivity index is 1.67. The fourth-order valence-electron chi connectivity index (χ4n) is 1.98. The zero-order chi connectivity index (χ0) is 16.7. The standard InChI is InChI=1S/C17H22N2O4/c1-13-8-9-15(23-13)17(2,21)12-19-16(20)18-10-11-22-14-6-4-3-5-7-14/h3-9,21H,10-12H2,1-2H3,(H2,18,19,20). The number of furan rings is 1. The van der Waals surface area contributed by atoms with Crippen molar-refractivity contribution in [3.8, 4) is 5.75 Å². The van der Waals surface area contributed by atoms with Gasteiger partial charge in [-0.3, -0.25) is 0 Å². The lowest BCUT2D eigenvalue weighted by atomic mass is 10.0. The number of hydrogen-bond acceptors (Lipinski definition) is 4. The van der Waals surface area contributed by atoms with Gasteiger partial charge in [-0.25, -0.2) is 4.79 Å². The zero-order valence-corrected chi connectivity index (χ0v) is 13.3. The van der Waals surface area contributed by atoms with Crippen LogP contribution >= 0.6 is 0 Å². The summed E-state index contributed by atoms with van der Waals surface area (Å²) in [7, 11) is 0. The van der Waals surface area contributed by atoms with Gasteiger partial charge < -0.3 is 24.9 Å². The summed E-state index contributed by atoms with van der Waals surface area (Å²) >= 11 is 0. The third-order valence-electron chi connectivity index (χ3n) is 3.26. The van der Waals surface area contributed by atoms with Crippen LogP contribution in [0.3, 0.4) is 0 Å². The van der Waals surface area contributed by atoms with Crippen molar-refractivity contribution in [1.29, 1.82) is 0 Å². The highest BCUT2D eigenvalue weighted by Gasteiger charge is 2.27. The van der Waals surface area contributed by atoms with Gasteiger partial charge in [-0.1, -0.05) is 18.2 Å². The Morgan fingerprint density at radius 2 is 1.96 bits per heavy atom. The Kier molecular flexibility index (Phi) is 5.65. The van der Waals surface area contributed by atoms with Crippen LogP contribution in [0.1, 0.15) is 18.4 Å². The smallest absolute Gasteiger partial charge is 0.315 e. The molecule has 1 unspecified atom stereocenters. The second kappa shape index (κ2) is 7.69. The van der Waals surface area contributed by atoms with E-state index in [-0.39, 0.29) is 12.6 Å². The number of hydrogen-bond donors (Lipinski definition) is 3.